The van der Waals surface area contributed by atoms with E-state index in [2.05, 4.69) is 5.32 Å². The number of anilines is 1. The Morgan fingerprint density at radius 3 is 2.64 bits per heavy atom. The fourth-order valence-corrected chi connectivity index (χ4v) is 3.14. The van der Waals surface area contributed by atoms with E-state index in [0.717, 1.165) is 28.7 Å². The molecule has 3 N–H and O–H groups in total. The van der Waals surface area contributed by atoms with Crippen molar-refractivity contribution in [2.24, 2.45) is 5.73 Å². The number of amides is 1. The molecule has 4 rings (SSSR count). The molecular weight excluding hydrogens is 314 g/mol. The number of nitrogens with one attached hydrogen (secondary N) is 1. The number of aromatic nitrogens is 2. The molecule has 0 spiro atoms. The molecule has 6 heteroatoms. The Morgan fingerprint density at radius 1 is 1.08 bits per heavy atom. The van der Waals surface area contributed by atoms with Crippen molar-refractivity contribution >= 4 is 22.8 Å². The van der Waals surface area contributed by atoms with Crippen molar-refractivity contribution in [3.8, 4) is 11.3 Å². The Balaban J connectivity index is 1.81. The van der Waals surface area contributed by atoms with Gasteiger partial charge in [0.25, 0.3) is 0 Å². The van der Waals surface area contributed by atoms with Gasteiger partial charge in [-0.15, -0.1) is 0 Å². The lowest BCUT2D eigenvalue weighted by molar-refractivity contribution is -0.120. The third kappa shape index (κ3) is 3.04. The fraction of sp³-hybridized carbons (Fsp3) is 0.211. The lowest BCUT2D eigenvalue weighted by Crippen LogP contribution is -2.56. The minimum atomic E-state index is -0.385. The van der Waals surface area contributed by atoms with Gasteiger partial charge in [0.2, 0.25) is 11.9 Å². The summed E-state index contributed by atoms with van der Waals surface area (Å²) in [7, 11) is 0. The number of para-hydroxylation sites is 1. The molecule has 1 fully saturated rings. The molecular formula is C19H19N5O. The van der Waals surface area contributed by atoms with Crippen molar-refractivity contribution < 1.29 is 4.79 Å². The molecule has 0 bridgehead atoms. The summed E-state index contributed by atoms with van der Waals surface area (Å²) < 4.78 is 0. The van der Waals surface area contributed by atoms with Gasteiger partial charge >= 0.3 is 0 Å². The number of carbonyl (C=O) groups excluding carboxylic acids is 1. The standard InChI is InChI=1S/C19H19N5O/c20-18(25)16-12-24(11-10-21-16)19-22-15-9-5-4-8-14(15)17(23-19)13-6-2-1-3-7-13/h1-9,16,21H,10-12H2,(H2,20,25). The van der Waals surface area contributed by atoms with Gasteiger partial charge in [-0.2, -0.15) is 0 Å². The van der Waals surface area contributed by atoms with Gasteiger partial charge in [-0.1, -0.05) is 48.5 Å². The first-order valence-electron chi connectivity index (χ1n) is 8.32. The highest BCUT2D eigenvalue weighted by molar-refractivity contribution is 5.93. The van der Waals surface area contributed by atoms with Crippen LogP contribution in [0.1, 0.15) is 0 Å². The molecule has 2 aromatic carbocycles. The van der Waals surface area contributed by atoms with Crippen molar-refractivity contribution in [3.05, 3.63) is 54.6 Å². The number of nitrogens with zero attached hydrogens (tertiary/aromatic N) is 3. The van der Waals surface area contributed by atoms with E-state index in [0.29, 0.717) is 19.0 Å². The normalized spacial score (nSPS) is 17.6. The van der Waals surface area contributed by atoms with Crippen LogP contribution in [0.15, 0.2) is 54.6 Å². The molecule has 0 saturated carbocycles. The maximum Gasteiger partial charge on any atom is 0.236 e. The fourth-order valence-electron chi connectivity index (χ4n) is 3.14. The second-order valence-electron chi connectivity index (χ2n) is 6.11. The summed E-state index contributed by atoms with van der Waals surface area (Å²) in [6.45, 7) is 1.88. The molecule has 1 saturated heterocycles. The minimum Gasteiger partial charge on any atom is -0.368 e. The van der Waals surface area contributed by atoms with Crippen LogP contribution in [0.4, 0.5) is 5.95 Å². The quantitative estimate of drug-likeness (QED) is 0.760. The van der Waals surface area contributed by atoms with Crippen molar-refractivity contribution in [3.63, 3.8) is 0 Å². The van der Waals surface area contributed by atoms with Crippen LogP contribution in [0.3, 0.4) is 0 Å². The van der Waals surface area contributed by atoms with Crippen LogP contribution < -0.4 is 16.0 Å². The number of rotatable bonds is 3. The monoisotopic (exact) mass is 333 g/mol. The lowest BCUT2D eigenvalue weighted by Gasteiger charge is -2.32. The average Bonchev–Trinajstić information content (AvgIpc) is 2.68. The molecule has 0 aliphatic carbocycles. The average molecular weight is 333 g/mol. The predicted octanol–water partition coefficient (Wildman–Crippen LogP) is 1.56. The van der Waals surface area contributed by atoms with Gasteiger partial charge in [0, 0.05) is 30.6 Å². The van der Waals surface area contributed by atoms with Crippen LogP contribution in [-0.2, 0) is 4.79 Å². The van der Waals surface area contributed by atoms with Gasteiger partial charge in [-0.25, -0.2) is 9.97 Å². The van der Waals surface area contributed by atoms with Gasteiger partial charge in [-0.3, -0.25) is 4.79 Å². The lowest BCUT2D eigenvalue weighted by atomic mass is 10.1. The maximum absolute atomic E-state index is 11.5. The molecule has 1 amide bonds. The van der Waals surface area contributed by atoms with Crippen molar-refractivity contribution in [1.82, 2.24) is 15.3 Å². The van der Waals surface area contributed by atoms with E-state index in [1.54, 1.807) is 0 Å². The summed E-state index contributed by atoms with van der Waals surface area (Å²) >= 11 is 0. The molecule has 1 aromatic heterocycles. The summed E-state index contributed by atoms with van der Waals surface area (Å²) in [5.74, 6) is 0.277. The number of nitrogens with two attached hydrogens (primary N) is 1. The third-order valence-corrected chi connectivity index (χ3v) is 4.44. The van der Waals surface area contributed by atoms with Gasteiger partial charge in [0.05, 0.1) is 11.2 Å². The van der Waals surface area contributed by atoms with Crippen LogP contribution in [-0.4, -0.2) is 41.6 Å². The molecule has 1 aliphatic heterocycles. The Morgan fingerprint density at radius 2 is 1.84 bits per heavy atom. The number of piperazine rings is 1. The highest BCUT2D eigenvalue weighted by Gasteiger charge is 2.25. The van der Waals surface area contributed by atoms with E-state index in [9.17, 15) is 4.79 Å². The maximum atomic E-state index is 11.5. The molecule has 1 unspecified atom stereocenters. The Bertz CT molecular complexity index is 912. The summed E-state index contributed by atoms with van der Waals surface area (Å²) in [6.07, 6.45) is 0. The minimum absolute atomic E-state index is 0.353. The second-order valence-corrected chi connectivity index (χ2v) is 6.11. The summed E-state index contributed by atoms with van der Waals surface area (Å²) in [4.78, 5) is 23.1. The molecule has 126 valence electrons. The van der Waals surface area contributed by atoms with Gasteiger partial charge < -0.3 is 16.0 Å². The molecule has 2 heterocycles. The summed E-state index contributed by atoms with van der Waals surface area (Å²) in [5.41, 5.74) is 8.28. The second kappa shape index (κ2) is 6.49. The van der Waals surface area contributed by atoms with Crippen molar-refractivity contribution in [1.29, 1.82) is 0 Å². The van der Waals surface area contributed by atoms with Gasteiger partial charge in [0.15, 0.2) is 0 Å². The number of fused-ring (bicyclic) bond motifs is 1. The highest BCUT2D eigenvalue weighted by Crippen LogP contribution is 2.28. The SMILES string of the molecule is NC(=O)C1CN(c2nc(-c3ccccc3)c3ccccc3n2)CCN1. The first-order chi connectivity index (χ1) is 12.2. The first kappa shape index (κ1) is 15.5. The van der Waals surface area contributed by atoms with E-state index in [1.807, 2.05) is 59.5 Å². The Hall–Kier alpha value is -2.99. The van der Waals surface area contributed by atoms with E-state index in [-0.39, 0.29) is 11.9 Å². The molecule has 25 heavy (non-hydrogen) atoms. The summed E-state index contributed by atoms with van der Waals surface area (Å²) in [5, 5.41) is 4.14. The zero-order valence-electron chi connectivity index (χ0n) is 13.7. The zero-order chi connectivity index (χ0) is 17.2. The van der Waals surface area contributed by atoms with Crippen molar-refractivity contribution in [2.45, 2.75) is 6.04 Å². The van der Waals surface area contributed by atoms with Crippen molar-refractivity contribution in [2.75, 3.05) is 24.5 Å². The number of benzene rings is 2. The number of hydrogen-bond acceptors (Lipinski definition) is 5. The van der Waals surface area contributed by atoms with Gasteiger partial charge in [0.1, 0.15) is 6.04 Å². The molecule has 0 radical (unpaired) electrons. The predicted molar refractivity (Wildman–Crippen MR) is 98.2 cm³/mol. The number of primary amides is 1. The van der Waals surface area contributed by atoms with Crippen LogP contribution in [0.25, 0.3) is 22.2 Å². The highest BCUT2D eigenvalue weighted by atomic mass is 16.1. The Labute approximate surface area is 145 Å². The summed E-state index contributed by atoms with van der Waals surface area (Å²) in [6, 6.07) is 17.7. The van der Waals surface area contributed by atoms with Gasteiger partial charge in [-0.05, 0) is 6.07 Å². The largest absolute Gasteiger partial charge is 0.368 e. The number of hydrogen-bond donors (Lipinski definition) is 2. The van der Waals surface area contributed by atoms with E-state index < -0.39 is 0 Å². The van der Waals surface area contributed by atoms with E-state index >= 15 is 0 Å². The first-order valence-corrected chi connectivity index (χ1v) is 8.32. The zero-order valence-corrected chi connectivity index (χ0v) is 13.7. The molecule has 3 aromatic rings. The van der Waals surface area contributed by atoms with Crippen LogP contribution in [0, 0.1) is 0 Å². The smallest absolute Gasteiger partial charge is 0.236 e. The molecule has 1 aliphatic rings. The van der Waals surface area contributed by atoms with Crippen LogP contribution in [0.5, 0.6) is 0 Å². The van der Waals surface area contributed by atoms with Crippen LogP contribution >= 0.6 is 0 Å². The number of carbonyl (C=O) groups is 1. The van der Waals surface area contributed by atoms with E-state index in [1.165, 1.54) is 0 Å². The van der Waals surface area contributed by atoms with Crippen LogP contribution in [0.2, 0.25) is 0 Å². The topological polar surface area (TPSA) is 84.1 Å². The molecule has 1 atom stereocenters. The third-order valence-electron chi connectivity index (χ3n) is 4.44. The van der Waals surface area contributed by atoms with E-state index in [4.69, 9.17) is 15.7 Å². The Kier molecular flexibility index (Phi) is 4.03. The molecule has 6 nitrogen and oxygen atoms in total.